The van der Waals surface area contributed by atoms with Crippen molar-refractivity contribution in [3.05, 3.63) is 194 Å². The maximum atomic E-state index is 2.66. The van der Waals surface area contributed by atoms with Crippen LogP contribution in [0.15, 0.2) is 188 Å². The molecule has 0 saturated heterocycles. The van der Waals surface area contributed by atoms with E-state index in [0.29, 0.717) is 5.92 Å². The SMILES string of the molecule is CCn1c2ccccc2c2c(C3CCCC(C)(N(c4ccc(-c5ccccc5)cc4)c4ccc(-c5ccc(-c6cccc7ccccc67)cc5)cc4)C3)cccc21. The van der Waals surface area contributed by atoms with Gasteiger partial charge in [-0.1, -0.05) is 158 Å². The van der Waals surface area contributed by atoms with Crippen LogP contribution in [0.2, 0.25) is 0 Å². The molecule has 278 valence electrons. The van der Waals surface area contributed by atoms with Crippen molar-refractivity contribution in [3.8, 4) is 33.4 Å². The van der Waals surface area contributed by atoms with Crippen LogP contribution >= 0.6 is 0 Å². The van der Waals surface area contributed by atoms with Gasteiger partial charge in [0.15, 0.2) is 0 Å². The molecule has 0 amide bonds. The minimum Gasteiger partial charge on any atom is -0.341 e. The van der Waals surface area contributed by atoms with E-state index in [2.05, 4.69) is 211 Å². The molecule has 2 atom stereocenters. The Morgan fingerprint density at radius 3 is 1.77 bits per heavy atom. The smallest absolute Gasteiger partial charge is 0.0494 e. The Morgan fingerprint density at radius 2 is 1.07 bits per heavy atom. The molecular formula is C55H48N2. The lowest BCUT2D eigenvalue weighted by molar-refractivity contribution is 0.288. The highest BCUT2D eigenvalue weighted by Crippen LogP contribution is 2.49. The first kappa shape index (κ1) is 35.1. The third-order valence-electron chi connectivity index (χ3n) is 12.8. The molecule has 1 fully saturated rings. The fourth-order valence-corrected chi connectivity index (χ4v) is 10.1. The van der Waals surface area contributed by atoms with Crippen molar-refractivity contribution in [1.82, 2.24) is 4.57 Å². The van der Waals surface area contributed by atoms with Crippen molar-refractivity contribution in [3.63, 3.8) is 0 Å². The van der Waals surface area contributed by atoms with E-state index in [0.717, 1.165) is 19.4 Å². The van der Waals surface area contributed by atoms with Crippen molar-refractivity contribution in [2.75, 3.05) is 4.90 Å². The molecule has 1 aliphatic rings. The Kier molecular flexibility index (Phi) is 8.98. The van der Waals surface area contributed by atoms with Crippen LogP contribution in [-0.2, 0) is 6.54 Å². The zero-order valence-electron chi connectivity index (χ0n) is 32.9. The molecule has 8 aromatic carbocycles. The average molecular weight is 737 g/mol. The summed E-state index contributed by atoms with van der Waals surface area (Å²) in [5.74, 6) is 0.453. The summed E-state index contributed by atoms with van der Waals surface area (Å²) in [5.41, 5.74) is 14.0. The first-order chi connectivity index (χ1) is 28.1. The Bertz CT molecular complexity index is 2830. The van der Waals surface area contributed by atoms with Gasteiger partial charge in [0.25, 0.3) is 0 Å². The Hall–Kier alpha value is -6.38. The summed E-state index contributed by atoms with van der Waals surface area (Å²) in [6.07, 6.45) is 4.60. The molecule has 0 aliphatic heterocycles. The number of hydrogen-bond donors (Lipinski definition) is 0. The number of fused-ring (bicyclic) bond motifs is 4. The number of hydrogen-bond acceptors (Lipinski definition) is 1. The lowest BCUT2D eigenvalue weighted by Gasteiger charge is -2.48. The summed E-state index contributed by atoms with van der Waals surface area (Å²) in [5, 5.41) is 5.38. The molecule has 0 radical (unpaired) electrons. The van der Waals surface area contributed by atoms with E-state index in [9.17, 15) is 0 Å². The lowest BCUT2D eigenvalue weighted by atomic mass is 9.72. The second-order valence-electron chi connectivity index (χ2n) is 16.2. The first-order valence-electron chi connectivity index (χ1n) is 20.7. The Labute approximate surface area is 336 Å². The van der Waals surface area contributed by atoms with E-state index < -0.39 is 0 Å². The quantitative estimate of drug-likeness (QED) is 0.151. The van der Waals surface area contributed by atoms with Crippen LogP contribution in [0.5, 0.6) is 0 Å². The zero-order chi connectivity index (χ0) is 38.3. The maximum Gasteiger partial charge on any atom is 0.0494 e. The van der Waals surface area contributed by atoms with Crippen LogP contribution < -0.4 is 4.90 Å². The van der Waals surface area contributed by atoms with Gasteiger partial charge >= 0.3 is 0 Å². The highest BCUT2D eigenvalue weighted by Gasteiger charge is 2.39. The highest BCUT2D eigenvalue weighted by atomic mass is 15.2. The molecule has 9 aromatic rings. The van der Waals surface area contributed by atoms with Gasteiger partial charge < -0.3 is 9.47 Å². The monoisotopic (exact) mass is 736 g/mol. The van der Waals surface area contributed by atoms with Crippen molar-refractivity contribution >= 4 is 44.0 Å². The first-order valence-corrected chi connectivity index (χ1v) is 20.7. The van der Waals surface area contributed by atoms with Crippen LogP contribution in [0.25, 0.3) is 66.0 Å². The van der Waals surface area contributed by atoms with Gasteiger partial charge in [-0.15, -0.1) is 0 Å². The van der Waals surface area contributed by atoms with Crippen LogP contribution in [0, 0.1) is 0 Å². The van der Waals surface area contributed by atoms with Gasteiger partial charge in [0.1, 0.15) is 0 Å². The van der Waals surface area contributed by atoms with E-state index >= 15 is 0 Å². The molecule has 2 unspecified atom stereocenters. The van der Waals surface area contributed by atoms with Gasteiger partial charge in [0, 0.05) is 45.3 Å². The second-order valence-corrected chi connectivity index (χ2v) is 16.2. The number of anilines is 2. The maximum absolute atomic E-state index is 2.66. The summed E-state index contributed by atoms with van der Waals surface area (Å²) in [6.45, 7) is 5.75. The number of aromatic nitrogens is 1. The molecule has 1 heterocycles. The minimum absolute atomic E-state index is 0.0932. The highest BCUT2D eigenvalue weighted by molar-refractivity contribution is 6.10. The van der Waals surface area contributed by atoms with E-state index in [1.807, 2.05) is 0 Å². The van der Waals surface area contributed by atoms with E-state index in [1.54, 1.807) is 0 Å². The molecule has 1 saturated carbocycles. The molecule has 2 nitrogen and oxygen atoms in total. The third-order valence-corrected chi connectivity index (χ3v) is 12.8. The topological polar surface area (TPSA) is 8.17 Å². The van der Waals surface area contributed by atoms with Crippen LogP contribution in [0.4, 0.5) is 11.4 Å². The molecule has 1 aromatic heterocycles. The molecular weight excluding hydrogens is 689 g/mol. The van der Waals surface area contributed by atoms with Crippen LogP contribution in [0.3, 0.4) is 0 Å². The average Bonchev–Trinajstić information content (AvgIpc) is 3.61. The van der Waals surface area contributed by atoms with Gasteiger partial charge in [-0.2, -0.15) is 0 Å². The van der Waals surface area contributed by atoms with E-state index in [-0.39, 0.29) is 5.54 Å². The standard InChI is InChI=1S/C55H48N2/c1-3-56-52-23-10-9-20-51(52)54-50(22-12-24-53(54)56)45-18-13-37-55(2,38-45)57(46-33-29-41(30-34-46)39-14-5-4-6-15-39)47-35-31-42(32-36-47)40-25-27-44(28-26-40)49-21-11-17-43-16-7-8-19-48(43)49/h4-12,14-17,19-36,45H,3,13,18,37-38H2,1-2H3. The van der Waals surface area contributed by atoms with Crippen molar-refractivity contribution in [2.45, 2.75) is 57.5 Å². The normalized spacial score (nSPS) is 17.0. The minimum atomic E-state index is -0.0932. The molecule has 0 N–H and O–H groups in total. The fraction of sp³-hybridized carbons (Fsp3) is 0.164. The number of rotatable bonds is 8. The van der Waals surface area contributed by atoms with Crippen LogP contribution in [0.1, 0.15) is 51.0 Å². The van der Waals surface area contributed by atoms with Gasteiger partial charge in [0.05, 0.1) is 0 Å². The van der Waals surface area contributed by atoms with Crippen LogP contribution in [-0.4, -0.2) is 10.1 Å². The molecule has 0 spiro atoms. The van der Waals surface area contributed by atoms with E-state index in [1.165, 1.54) is 95.7 Å². The molecule has 2 heteroatoms. The Balaban J connectivity index is 1.02. The van der Waals surface area contributed by atoms with Crippen molar-refractivity contribution in [2.24, 2.45) is 0 Å². The largest absolute Gasteiger partial charge is 0.341 e. The predicted octanol–water partition coefficient (Wildman–Crippen LogP) is 15.2. The zero-order valence-corrected chi connectivity index (χ0v) is 32.9. The second kappa shape index (κ2) is 14.6. The van der Waals surface area contributed by atoms with Gasteiger partial charge in [0.2, 0.25) is 0 Å². The number of para-hydroxylation sites is 1. The van der Waals surface area contributed by atoms with E-state index in [4.69, 9.17) is 0 Å². The van der Waals surface area contributed by atoms with Crippen molar-refractivity contribution < 1.29 is 0 Å². The Morgan fingerprint density at radius 1 is 0.526 bits per heavy atom. The summed E-state index contributed by atoms with van der Waals surface area (Å²) in [6, 6.07) is 69.7. The predicted molar refractivity (Wildman–Crippen MR) is 244 cm³/mol. The van der Waals surface area contributed by atoms with Gasteiger partial charge in [-0.3, -0.25) is 0 Å². The summed E-state index contributed by atoms with van der Waals surface area (Å²) in [4.78, 5) is 2.66. The molecule has 57 heavy (non-hydrogen) atoms. The molecule has 10 rings (SSSR count). The number of aryl methyl sites for hydroxylation is 1. The fourth-order valence-electron chi connectivity index (χ4n) is 10.1. The number of nitrogens with zero attached hydrogens (tertiary/aromatic N) is 2. The lowest BCUT2D eigenvalue weighted by Crippen LogP contribution is -2.46. The molecule has 1 aliphatic carbocycles. The summed E-state index contributed by atoms with van der Waals surface area (Å²) >= 11 is 0. The molecule has 0 bridgehead atoms. The van der Waals surface area contributed by atoms with Crippen molar-refractivity contribution in [1.29, 1.82) is 0 Å². The summed E-state index contributed by atoms with van der Waals surface area (Å²) < 4.78 is 2.50. The number of benzene rings is 8. The summed E-state index contributed by atoms with van der Waals surface area (Å²) in [7, 11) is 0. The van der Waals surface area contributed by atoms with Gasteiger partial charge in [-0.25, -0.2) is 0 Å². The third kappa shape index (κ3) is 6.30. The van der Waals surface area contributed by atoms with Gasteiger partial charge in [-0.05, 0) is 125 Å².